The minimum Gasteiger partial charge on any atom is -0.358 e. The lowest BCUT2D eigenvalue weighted by molar-refractivity contribution is -0.115. The molecule has 22 heavy (non-hydrogen) atoms. The summed E-state index contributed by atoms with van der Waals surface area (Å²) in [5, 5.41) is 11.7. The molecule has 2 rings (SSSR count). The van der Waals surface area contributed by atoms with Crippen molar-refractivity contribution in [1.29, 1.82) is 5.26 Å². The number of carbonyl (C=O) groups is 1. The molecule has 1 N–H and O–H groups in total. The van der Waals surface area contributed by atoms with E-state index in [0.717, 1.165) is 30.3 Å². The number of likely N-dealkylation sites (tertiary alicyclic amines) is 1. The Labute approximate surface area is 144 Å². The van der Waals surface area contributed by atoms with Crippen LogP contribution in [0.1, 0.15) is 25.3 Å². The van der Waals surface area contributed by atoms with Gasteiger partial charge in [-0.15, -0.1) is 0 Å². The van der Waals surface area contributed by atoms with Crippen LogP contribution in [0, 0.1) is 11.3 Å². The molecule has 1 saturated heterocycles. The van der Waals surface area contributed by atoms with Crippen LogP contribution in [0.2, 0.25) is 5.02 Å². The first-order valence-electron chi connectivity index (χ1n) is 6.97. The fourth-order valence-corrected chi connectivity index (χ4v) is 3.74. The van der Waals surface area contributed by atoms with Gasteiger partial charge in [0.25, 0.3) is 0 Å². The van der Waals surface area contributed by atoms with E-state index in [1.165, 1.54) is 11.8 Å². The fourth-order valence-electron chi connectivity index (χ4n) is 2.11. The minimum absolute atomic E-state index is 0.132. The van der Waals surface area contributed by atoms with Crippen LogP contribution < -0.4 is 5.32 Å². The van der Waals surface area contributed by atoms with Gasteiger partial charge in [0.15, 0.2) is 0 Å². The molecule has 1 atom stereocenters. The number of thiocarbonyl (C=S) groups is 1. The van der Waals surface area contributed by atoms with Crippen molar-refractivity contribution in [3.63, 3.8) is 0 Å². The van der Waals surface area contributed by atoms with Crippen LogP contribution in [0.3, 0.4) is 0 Å². The Kier molecular flexibility index (Phi) is 6.07. The van der Waals surface area contributed by atoms with Crippen LogP contribution in [0.25, 0.3) is 0 Å². The molecule has 0 bridgehead atoms. The molecule has 1 heterocycles. The largest absolute Gasteiger partial charge is 0.358 e. The molecule has 1 aromatic carbocycles. The summed E-state index contributed by atoms with van der Waals surface area (Å²) in [6.07, 6.45) is 2.32. The standard InChI is InChI=1S/C15H16ClN3OS2/c1-10(22-15(21)19-6-2-3-7-19)14(20)18-12-5-4-11(9-17)13(16)8-12/h4-5,8,10H,2-3,6-7H2,1H3,(H,18,20). The zero-order valence-corrected chi connectivity index (χ0v) is 14.5. The van der Waals surface area contributed by atoms with Crippen molar-refractivity contribution >= 4 is 51.5 Å². The average molecular weight is 354 g/mol. The number of amides is 1. The van der Waals surface area contributed by atoms with Gasteiger partial charge >= 0.3 is 0 Å². The van der Waals surface area contributed by atoms with Crippen molar-refractivity contribution in [3.8, 4) is 6.07 Å². The number of hydrogen-bond donors (Lipinski definition) is 1. The van der Waals surface area contributed by atoms with Crippen molar-refractivity contribution in [2.75, 3.05) is 18.4 Å². The molecule has 0 aliphatic carbocycles. The van der Waals surface area contributed by atoms with E-state index in [0.29, 0.717) is 16.3 Å². The maximum atomic E-state index is 12.2. The topological polar surface area (TPSA) is 56.1 Å². The Hall–Kier alpha value is -1.29. The second kappa shape index (κ2) is 7.82. The number of anilines is 1. The van der Waals surface area contributed by atoms with E-state index >= 15 is 0 Å². The van der Waals surface area contributed by atoms with E-state index in [-0.39, 0.29) is 11.2 Å². The summed E-state index contributed by atoms with van der Waals surface area (Å²) >= 11 is 12.7. The third kappa shape index (κ3) is 4.35. The zero-order chi connectivity index (χ0) is 16.1. The molecule has 1 amide bonds. The number of rotatable bonds is 3. The van der Waals surface area contributed by atoms with Crippen LogP contribution >= 0.6 is 35.6 Å². The van der Waals surface area contributed by atoms with E-state index in [9.17, 15) is 4.79 Å². The van der Waals surface area contributed by atoms with Crippen molar-refractivity contribution in [2.45, 2.75) is 25.0 Å². The molecule has 1 aliphatic heterocycles. The van der Waals surface area contributed by atoms with E-state index in [1.54, 1.807) is 18.2 Å². The third-order valence-corrected chi connectivity index (χ3v) is 5.26. The maximum Gasteiger partial charge on any atom is 0.237 e. The highest BCUT2D eigenvalue weighted by molar-refractivity contribution is 8.23. The molecule has 116 valence electrons. The van der Waals surface area contributed by atoms with E-state index < -0.39 is 0 Å². The second-order valence-corrected chi connectivity index (χ2v) is 7.40. The Balaban J connectivity index is 1.92. The molecule has 1 aromatic rings. The summed E-state index contributed by atoms with van der Waals surface area (Å²) in [6.45, 7) is 3.78. The van der Waals surface area contributed by atoms with Crippen LogP contribution in [-0.2, 0) is 4.79 Å². The molecule has 1 fully saturated rings. The Morgan fingerprint density at radius 2 is 2.18 bits per heavy atom. The number of thioether (sulfide) groups is 1. The Bertz CT molecular complexity index is 624. The molecule has 0 radical (unpaired) electrons. The lowest BCUT2D eigenvalue weighted by atomic mass is 10.2. The SMILES string of the molecule is CC(SC(=S)N1CCCC1)C(=O)Nc1ccc(C#N)c(Cl)c1. The first-order valence-corrected chi connectivity index (χ1v) is 8.64. The quantitative estimate of drug-likeness (QED) is 0.840. The summed E-state index contributed by atoms with van der Waals surface area (Å²) in [4.78, 5) is 14.4. The second-order valence-electron chi connectivity index (χ2n) is 5.02. The number of hydrogen-bond acceptors (Lipinski definition) is 4. The molecule has 0 spiro atoms. The summed E-state index contributed by atoms with van der Waals surface area (Å²) in [6, 6.07) is 6.82. The molecule has 0 saturated carbocycles. The molecular weight excluding hydrogens is 338 g/mol. The smallest absolute Gasteiger partial charge is 0.237 e. The van der Waals surface area contributed by atoms with Gasteiger partial charge < -0.3 is 10.2 Å². The highest BCUT2D eigenvalue weighted by atomic mass is 35.5. The fraction of sp³-hybridized carbons (Fsp3) is 0.400. The zero-order valence-electron chi connectivity index (χ0n) is 12.1. The normalized spacial score (nSPS) is 15.2. The molecule has 0 aromatic heterocycles. The summed E-state index contributed by atoms with van der Waals surface area (Å²) in [5.41, 5.74) is 0.964. The van der Waals surface area contributed by atoms with Crippen molar-refractivity contribution in [2.24, 2.45) is 0 Å². The van der Waals surface area contributed by atoms with Gasteiger partial charge in [-0.2, -0.15) is 5.26 Å². The molecule has 1 aliphatic rings. The molecule has 4 nitrogen and oxygen atoms in total. The molecule has 1 unspecified atom stereocenters. The number of nitrogens with one attached hydrogen (secondary N) is 1. The van der Waals surface area contributed by atoms with E-state index in [4.69, 9.17) is 29.1 Å². The van der Waals surface area contributed by atoms with Gasteiger partial charge in [-0.05, 0) is 38.0 Å². The number of nitrogens with zero attached hydrogens (tertiary/aromatic N) is 2. The average Bonchev–Trinajstić information content (AvgIpc) is 3.01. The number of carbonyl (C=O) groups excluding carboxylic acids is 1. The summed E-state index contributed by atoms with van der Waals surface area (Å²) in [7, 11) is 0. The van der Waals surface area contributed by atoms with E-state index in [2.05, 4.69) is 10.2 Å². The van der Waals surface area contributed by atoms with Gasteiger partial charge in [-0.1, -0.05) is 35.6 Å². The van der Waals surface area contributed by atoms with Gasteiger partial charge in [-0.3, -0.25) is 4.79 Å². The van der Waals surface area contributed by atoms with Crippen LogP contribution in [0.15, 0.2) is 18.2 Å². The van der Waals surface area contributed by atoms with Gasteiger partial charge in [-0.25, -0.2) is 0 Å². The molecular formula is C15H16ClN3OS2. The highest BCUT2D eigenvalue weighted by Gasteiger charge is 2.21. The monoisotopic (exact) mass is 353 g/mol. The number of nitriles is 1. The number of halogens is 1. The van der Waals surface area contributed by atoms with Crippen LogP contribution in [0.5, 0.6) is 0 Å². The maximum absolute atomic E-state index is 12.2. The van der Waals surface area contributed by atoms with Gasteiger partial charge in [0.05, 0.1) is 15.8 Å². The summed E-state index contributed by atoms with van der Waals surface area (Å²) in [5.74, 6) is -0.132. The van der Waals surface area contributed by atoms with Crippen molar-refractivity contribution in [1.82, 2.24) is 4.90 Å². The Morgan fingerprint density at radius 3 is 2.77 bits per heavy atom. The van der Waals surface area contributed by atoms with Crippen LogP contribution in [0.4, 0.5) is 5.69 Å². The van der Waals surface area contributed by atoms with Crippen molar-refractivity contribution in [3.05, 3.63) is 28.8 Å². The van der Waals surface area contributed by atoms with E-state index in [1.807, 2.05) is 13.0 Å². The lowest BCUT2D eigenvalue weighted by Gasteiger charge is -2.20. The first kappa shape index (κ1) is 17.1. The van der Waals surface area contributed by atoms with Crippen molar-refractivity contribution < 1.29 is 4.79 Å². The lowest BCUT2D eigenvalue weighted by Crippen LogP contribution is -2.29. The summed E-state index contributed by atoms with van der Waals surface area (Å²) < 4.78 is 0.776. The van der Waals surface area contributed by atoms with Crippen LogP contribution in [-0.4, -0.2) is 33.5 Å². The first-order chi connectivity index (χ1) is 10.5. The third-order valence-electron chi connectivity index (χ3n) is 3.37. The predicted molar refractivity (Wildman–Crippen MR) is 95.3 cm³/mol. The molecule has 7 heteroatoms. The van der Waals surface area contributed by atoms with Gasteiger partial charge in [0.2, 0.25) is 5.91 Å². The predicted octanol–water partition coefficient (Wildman–Crippen LogP) is 3.65. The highest BCUT2D eigenvalue weighted by Crippen LogP contribution is 2.23. The Morgan fingerprint density at radius 1 is 1.50 bits per heavy atom. The van der Waals surface area contributed by atoms with Gasteiger partial charge in [0.1, 0.15) is 10.4 Å². The minimum atomic E-state index is -0.289. The number of benzene rings is 1. The van der Waals surface area contributed by atoms with Gasteiger partial charge in [0, 0.05) is 18.8 Å².